The van der Waals surface area contributed by atoms with E-state index < -0.39 is 18.4 Å². The van der Waals surface area contributed by atoms with Crippen LogP contribution in [0.1, 0.15) is 26.7 Å². The molecule has 0 rings (SSSR count). The van der Waals surface area contributed by atoms with Crippen molar-refractivity contribution in [1.29, 1.82) is 0 Å². The van der Waals surface area contributed by atoms with Crippen LogP contribution < -0.4 is 56.5 Å². The first-order valence-electron chi connectivity index (χ1n) is 3.88. The van der Waals surface area contributed by atoms with Crippen LogP contribution in [0.5, 0.6) is 0 Å². The van der Waals surface area contributed by atoms with E-state index in [0.717, 1.165) is 6.42 Å². The summed E-state index contributed by atoms with van der Waals surface area (Å²) in [7, 11) is 0. The summed E-state index contributed by atoms with van der Waals surface area (Å²) in [6.07, 6.45) is 0.0941. The van der Waals surface area contributed by atoms with Gasteiger partial charge >= 0.3 is 57.4 Å². The largest absolute Gasteiger partial charge is 1.00 e. The van der Waals surface area contributed by atoms with Crippen LogP contribution in [-0.4, -0.2) is 18.5 Å². The summed E-state index contributed by atoms with van der Waals surface area (Å²) >= 11 is 0. The number of carbonyl (C=O) groups is 2. The Morgan fingerprint density at radius 2 is 1.92 bits per heavy atom. The molecule has 0 aliphatic rings. The van der Waals surface area contributed by atoms with E-state index in [4.69, 9.17) is 0 Å². The quantitative estimate of drug-likeness (QED) is 0.272. The summed E-state index contributed by atoms with van der Waals surface area (Å²) in [5.74, 6) is -1.68. The van der Waals surface area contributed by atoms with Gasteiger partial charge in [0.05, 0.1) is 19.0 Å². The van der Waals surface area contributed by atoms with Gasteiger partial charge in [0.2, 0.25) is 0 Å². The van der Waals surface area contributed by atoms with Gasteiger partial charge in [-0.1, -0.05) is 13.8 Å². The smallest absolute Gasteiger partial charge is 0.550 e. The molecule has 0 bridgehead atoms. The third-order valence-electron chi connectivity index (χ3n) is 1.25. The maximum Gasteiger partial charge on any atom is 1.00 e. The van der Waals surface area contributed by atoms with Gasteiger partial charge in [-0.15, -0.1) is 0 Å². The molecular formula is C8H13KO4. The minimum Gasteiger partial charge on any atom is -0.550 e. The number of esters is 1. The van der Waals surface area contributed by atoms with E-state index in [1.165, 1.54) is 0 Å². The third-order valence-corrected chi connectivity index (χ3v) is 1.25. The van der Waals surface area contributed by atoms with Crippen molar-refractivity contribution in [1.82, 2.24) is 0 Å². The Labute approximate surface area is 120 Å². The fraction of sp³-hybridized carbons (Fsp3) is 0.750. The number of ether oxygens (including phenoxy) is 1. The second kappa shape index (κ2) is 9.14. The minimum absolute atomic E-state index is 0. The second-order valence-corrected chi connectivity index (χ2v) is 2.95. The standard InChI is InChI=1S/C8H14O4.K/c1-6(2)3-4-12-8(11)5-7(9)10;/h6H,3-5H2,1-2H3,(H,9,10);/q;+1/p-1. The van der Waals surface area contributed by atoms with E-state index in [9.17, 15) is 14.7 Å². The first kappa shape index (κ1) is 16.0. The molecule has 0 N–H and O–H groups in total. The molecule has 0 spiro atoms. The van der Waals surface area contributed by atoms with E-state index in [1.807, 2.05) is 13.8 Å². The van der Waals surface area contributed by atoms with Gasteiger partial charge in [0.1, 0.15) is 0 Å². The Bertz CT molecular complexity index is 168. The summed E-state index contributed by atoms with van der Waals surface area (Å²) in [5, 5.41) is 9.89. The molecule has 0 aromatic carbocycles. The summed E-state index contributed by atoms with van der Waals surface area (Å²) < 4.78 is 4.60. The van der Waals surface area contributed by atoms with E-state index in [2.05, 4.69) is 4.74 Å². The number of carbonyl (C=O) groups excluding carboxylic acids is 2. The molecule has 5 heteroatoms. The van der Waals surface area contributed by atoms with Crippen LogP contribution in [0.25, 0.3) is 0 Å². The van der Waals surface area contributed by atoms with Gasteiger partial charge in [0.25, 0.3) is 0 Å². The van der Waals surface area contributed by atoms with Crippen molar-refractivity contribution in [2.24, 2.45) is 5.92 Å². The monoisotopic (exact) mass is 212 g/mol. The average molecular weight is 212 g/mol. The molecule has 70 valence electrons. The maximum absolute atomic E-state index is 10.6. The Balaban J connectivity index is 0. The molecular weight excluding hydrogens is 199 g/mol. The first-order chi connectivity index (χ1) is 5.52. The van der Waals surface area contributed by atoms with Crippen molar-refractivity contribution in [2.75, 3.05) is 6.61 Å². The fourth-order valence-corrected chi connectivity index (χ4v) is 0.577. The summed E-state index contributed by atoms with van der Waals surface area (Å²) in [6.45, 7) is 4.27. The number of hydrogen-bond donors (Lipinski definition) is 0. The fourth-order valence-electron chi connectivity index (χ4n) is 0.577. The molecule has 0 amide bonds. The topological polar surface area (TPSA) is 66.4 Å². The molecule has 0 aromatic rings. The summed E-state index contributed by atoms with van der Waals surface area (Å²) in [5.41, 5.74) is 0. The SMILES string of the molecule is CC(C)CCOC(=O)CC(=O)[O-].[K+]. The molecule has 0 fully saturated rings. The summed E-state index contributed by atoms with van der Waals surface area (Å²) in [6, 6.07) is 0. The molecule has 0 aliphatic carbocycles. The zero-order chi connectivity index (χ0) is 9.56. The number of carboxylic acids is 1. The van der Waals surface area contributed by atoms with Gasteiger partial charge in [0, 0.05) is 0 Å². The predicted octanol–water partition coefficient (Wildman–Crippen LogP) is -3.28. The van der Waals surface area contributed by atoms with Crippen molar-refractivity contribution < 1.29 is 70.8 Å². The average Bonchev–Trinajstić information content (AvgIpc) is 1.84. The van der Waals surface area contributed by atoms with Crippen LogP contribution >= 0.6 is 0 Å². The molecule has 0 atom stereocenters. The Hall–Kier alpha value is 0.576. The second-order valence-electron chi connectivity index (χ2n) is 2.95. The molecule has 0 aromatic heterocycles. The minimum atomic E-state index is -1.40. The molecule has 0 unspecified atom stereocenters. The molecule has 0 saturated heterocycles. The molecule has 0 radical (unpaired) electrons. The van der Waals surface area contributed by atoms with Crippen molar-refractivity contribution in [3.63, 3.8) is 0 Å². The third kappa shape index (κ3) is 12.6. The van der Waals surface area contributed by atoms with E-state index >= 15 is 0 Å². The van der Waals surface area contributed by atoms with Crippen molar-refractivity contribution in [2.45, 2.75) is 26.7 Å². The molecule has 13 heavy (non-hydrogen) atoms. The van der Waals surface area contributed by atoms with Gasteiger partial charge in [-0.05, 0) is 12.3 Å². The predicted molar refractivity (Wildman–Crippen MR) is 40.0 cm³/mol. The van der Waals surface area contributed by atoms with Crippen molar-refractivity contribution in [3.05, 3.63) is 0 Å². The maximum atomic E-state index is 10.6. The van der Waals surface area contributed by atoms with Crippen molar-refractivity contribution in [3.8, 4) is 0 Å². The molecule has 0 saturated carbocycles. The van der Waals surface area contributed by atoms with Gasteiger partial charge in [-0.3, -0.25) is 4.79 Å². The normalized spacial score (nSPS) is 9.15. The number of rotatable bonds is 5. The van der Waals surface area contributed by atoms with Crippen LogP contribution in [0.15, 0.2) is 0 Å². The van der Waals surface area contributed by atoms with E-state index in [-0.39, 0.29) is 58.0 Å². The van der Waals surface area contributed by atoms with E-state index in [0.29, 0.717) is 5.92 Å². The van der Waals surface area contributed by atoms with Gasteiger partial charge in [-0.25, -0.2) is 0 Å². The summed E-state index contributed by atoms with van der Waals surface area (Å²) in [4.78, 5) is 20.5. The van der Waals surface area contributed by atoms with Gasteiger partial charge < -0.3 is 14.6 Å². The Kier molecular flexibility index (Phi) is 11.3. The van der Waals surface area contributed by atoms with Crippen LogP contribution in [-0.2, 0) is 14.3 Å². The zero-order valence-electron chi connectivity index (χ0n) is 8.33. The van der Waals surface area contributed by atoms with Crippen LogP contribution in [0.2, 0.25) is 0 Å². The van der Waals surface area contributed by atoms with Crippen molar-refractivity contribution >= 4 is 11.9 Å². The van der Waals surface area contributed by atoms with Crippen LogP contribution in [0, 0.1) is 5.92 Å². The molecule has 0 aliphatic heterocycles. The Morgan fingerprint density at radius 3 is 2.31 bits per heavy atom. The number of aliphatic carboxylic acids is 1. The zero-order valence-corrected chi connectivity index (χ0v) is 11.5. The first-order valence-corrected chi connectivity index (χ1v) is 3.88. The van der Waals surface area contributed by atoms with Gasteiger partial charge in [0.15, 0.2) is 0 Å². The Morgan fingerprint density at radius 1 is 1.38 bits per heavy atom. The number of hydrogen-bond acceptors (Lipinski definition) is 4. The van der Waals surface area contributed by atoms with Crippen LogP contribution in [0.4, 0.5) is 0 Å². The van der Waals surface area contributed by atoms with Gasteiger partial charge in [-0.2, -0.15) is 0 Å². The van der Waals surface area contributed by atoms with Crippen LogP contribution in [0.3, 0.4) is 0 Å². The van der Waals surface area contributed by atoms with E-state index in [1.54, 1.807) is 0 Å². The molecule has 0 heterocycles. The molecule has 4 nitrogen and oxygen atoms in total. The number of carboxylic acid groups (broad SMARTS) is 1.